The summed E-state index contributed by atoms with van der Waals surface area (Å²) < 4.78 is 72.1. The van der Waals surface area contributed by atoms with Gasteiger partial charge in [0.15, 0.2) is 17.3 Å². The molecule has 0 bridgehead atoms. The Bertz CT molecular complexity index is 4410. The molecule has 45 nitrogen and oxygen atoms in total. The number of carbonyl (C=O) groups excluding carboxylic acids is 20. The van der Waals surface area contributed by atoms with Gasteiger partial charge in [-0.15, -0.1) is 0 Å². The molecule has 1 rings (SSSR count). The molecule has 7 amide bonds. The van der Waals surface area contributed by atoms with Gasteiger partial charge in [0.05, 0.1) is 50.1 Å². The molecule has 0 aliphatic carbocycles. The highest BCUT2D eigenvalue weighted by Crippen LogP contribution is 2.28. The number of carboxylic acids is 2. The van der Waals surface area contributed by atoms with Gasteiger partial charge in [-0.2, -0.15) is 0 Å². The minimum atomic E-state index is -1.23. The molecule has 0 radical (unpaired) electrons. The van der Waals surface area contributed by atoms with Crippen molar-refractivity contribution in [1.29, 1.82) is 0 Å². The maximum Gasteiger partial charge on any atom is 0.408 e. The molecule has 0 saturated heterocycles. The highest BCUT2D eigenvalue weighted by molar-refractivity contribution is 6.13. The summed E-state index contributed by atoms with van der Waals surface area (Å²) in [7, 11) is 2.43. The number of alkyl carbamates (subject to hydrolysis) is 4. The minimum absolute atomic E-state index is 0.00147. The fourth-order valence-corrected chi connectivity index (χ4v) is 11.8. The van der Waals surface area contributed by atoms with Crippen molar-refractivity contribution in [3.05, 3.63) is 12.2 Å². The second-order valence-electron chi connectivity index (χ2n) is 46.7. The Morgan fingerprint density at radius 3 is 0.736 bits per heavy atom. The van der Waals surface area contributed by atoms with E-state index in [-0.39, 0.29) is 141 Å². The molecule has 0 aromatic rings. The average molecular weight is 2120 g/mol. The van der Waals surface area contributed by atoms with Gasteiger partial charge in [-0.05, 0) is 301 Å². The van der Waals surface area contributed by atoms with E-state index in [9.17, 15) is 105 Å². The van der Waals surface area contributed by atoms with Crippen molar-refractivity contribution < 1.29 is 182 Å². The highest BCUT2D eigenvalue weighted by Gasteiger charge is 2.39. The number of imide groups is 1. The number of Topliss-reactive ketones (excluding diaryl/α,β-unsaturated/α-hetero) is 3. The number of nitrogens with one attached hydrogen (secondary N) is 5. The molecule has 0 aromatic heterocycles. The Kier molecular flexibility index (Phi) is 61.3. The van der Waals surface area contributed by atoms with E-state index in [0.717, 1.165) is 17.1 Å². The molecule has 0 spiro atoms. The number of aliphatic carboxylic acids is 2. The van der Waals surface area contributed by atoms with Crippen molar-refractivity contribution in [2.45, 2.75) is 469 Å². The second-order valence-corrected chi connectivity index (χ2v) is 46.7. The summed E-state index contributed by atoms with van der Waals surface area (Å²) in [5, 5.41) is 30.0. The number of hydrogen-bond donors (Lipinski definition) is 8. The zero-order valence-corrected chi connectivity index (χ0v) is 94.7. The van der Waals surface area contributed by atoms with Crippen LogP contribution in [0.3, 0.4) is 0 Å². The van der Waals surface area contributed by atoms with Crippen LogP contribution in [0, 0.1) is 17.8 Å². The first-order valence-electron chi connectivity index (χ1n) is 49.0. The lowest BCUT2D eigenvalue weighted by molar-refractivity contribution is -0.164. The van der Waals surface area contributed by atoms with E-state index in [2.05, 4.69) is 36.1 Å². The lowest BCUT2D eigenvalue weighted by Gasteiger charge is -2.26. The number of carbonyl (C=O) groups is 22. The van der Waals surface area contributed by atoms with Crippen molar-refractivity contribution in [3.8, 4) is 0 Å². The molecule has 8 atom stereocenters. The first kappa shape index (κ1) is 142. The molecule has 0 fully saturated rings. The summed E-state index contributed by atoms with van der Waals surface area (Å²) in [4.78, 5) is 268. The molecule has 1 aliphatic heterocycles. The van der Waals surface area contributed by atoms with Gasteiger partial charge in [-0.25, -0.2) is 24.0 Å². The van der Waals surface area contributed by atoms with Crippen molar-refractivity contribution in [2.24, 2.45) is 23.5 Å². The number of esters is 10. The highest BCUT2D eigenvalue weighted by atomic mass is 16.6. The third kappa shape index (κ3) is 81.1. The van der Waals surface area contributed by atoms with Crippen molar-refractivity contribution in [1.82, 2.24) is 31.5 Å². The molecular weight excluding hydrogens is 1940 g/mol. The average Bonchev–Trinajstić information content (AvgIpc) is 1.64. The Morgan fingerprint density at radius 1 is 0.284 bits per heavy atom. The lowest BCUT2D eigenvalue weighted by Crippen LogP contribution is -2.45. The van der Waals surface area contributed by atoms with Gasteiger partial charge in [-0.1, -0.05) is 0 Å². The molecule has 0 unspecified atom stereocenters. The van der Waals surface area contributed by atoms with Crippen LogP contribution in [-0.2, 0) is 153 Å². The summed E-state index contributed by atoms with van der Waals surface area (Å²) in [6.07, 6.45) is -3.39. The molecule has 850 valence electrons. The van der Waals surface area contributed by atoms with Gasteiger partial charge in [0.25, 0.3) is 11.8 Å². The van der Waals surface area contributed by atoms with Crippen LogP contribution in [0.4, 0.5) is 19.2 Å². The largest absolute Gasteiger partial charge is 0.481 e. The van der Waals surface area contributed by atoms with Gasteiger partial charge in [-0.3, -0.25) is 86.4 Å². The summed E-state index contributed by atoms with van der Waals surface area (Å²) >= 11 is 0. The number of nitrogens with two attached hydrogens (primary N) is 1. The van der Waals surface area contributed by atoms with Crippen LogP contribution in [0.1, 0.15) is 371 Å². The first-order valence-corrected chi connectivity index (χ1v) is 49.0. The molecule has 0 saturated carbocycles. The first-order chi connectivity index (χ1) is 66.5. The molecule has 9 N–H and O–H groups in total. The SMILES string of the molecule is CC(C)(C)OC(=O)CC[C@@H](CC(=O)[C@@H](CCC(=O)NCCN1C(=O)C=CC1=O)NC(=O)OC(C)(C)C)C(=O)OC(C)(C)C.CC(C)(C)OC(=O)CC[C@@H](CC(=O)[C@@H](CCC(=O)O)NC(=O)OC(C)(C)C)C(=O)OC(C)(C)C.CC(C)(C)OC(=O)CC[C@@H](N)C(=O)OC(C)(C)C.COC(=O)CC[C@@H](NC(=O)OC(C)(C)C)C(=O)C[C@H](CCC(=O)OC(C)(C)C)C(=O)OC(C)(C)C.COC(=O)CC[C@@H](NC(=O)OC(C)(C)C)C(=O)O. The Morgan fingerprint density at radius 2 is 0.500 bits per heavy atom. The number of ketones is 3. The number of methoxy groups -OCH3 is 2. The number of amides is 7. The fourth-order valence-electron chi connectivity index (χ4n) is 11.8. The third-order valence-corrected chi connectivity index (χ3v) is 17.5. The van der Waals surface area contributed by atoms with E-state index in [1.807, 2.05) is 0 Å². The summed E-state index contributed by atoms with van der Waals surface area (Å²) in [5.74, 6) is -13.9. The van der Waals surface area contributed by atoms with Gasteiger partial charge >= 0.3 is 96.0 Å². The van der Waals surface area contributed by atoms with E-state index < -0.39 is 240 Å². The molecule has 148 heavy (non-hydrogen) atoms. The standard InChI is InChI=1S/C30H47N3O10.C25H43NO9.C24H41NO9.C13H25NO4.C11H19NO6/c1-28(2,3)41-25(38)15-10-19(26(39)42-29(4,5)6)18-21(34)20(32-27(40)43-30(7,8)9)11-12-22(35)31-16-17-33-23(36)13-14-24(33)37;1-23(2,3)33-20(29)13-11-16(21(30)34-24(4,5)6)15-18(27)17(12-14-19(28)32-10)26-22(31)35-25(7,8)9;1-22(2,3)32-19(29)13-10-15(20(30)33-23(4,5)6)14-17(26)16(11-12-18(27)28)25-21(31)34-24(7,8)9;1-12(2,3)17-10(15)8-7-9(14)11(16)18-13(4,5)6;1-11(2,3)18-10(16)12-7(9(14)15)5-6-8(13)17-4/h13-14,19-20H,10-12,15-18H2,1-9H3,(H,31,35)(H,32,40);16-17H,11-15H2,1-10H3,(H,26,31);15-16H,10-14H2,1-9H3,(H,25,31)(H,27,28);9H,7-8,14H2,1-6H3;7H,5-6H2,1-4H3,(H,12,16)(H,14,15)/t19-,20+;16-,17+;15-,16+;9-;7-/m00011/s1. The van der Waals surface area contributed by atoms with E-state index in [0.29, 0.717) is 0 Å². The topological polar surface area (TPSA) is 635 Å². The van der Waals surface area contributed by atoms with E-state index in [1.54, 1.807) is 249 Å². The lowest BCUT2D eigenvalue weighted by atomic mass is 9.92. The van der Waals surface area contributed by atoms with Crippen LogP contribution in [-0.4, -0.2) is 271 Å². The van der Waals surface area contributed by atoms with Crippen LogP contribution in [0.5, 0.6) is 0 Å². The van der Waals surface area contributed by atoms with Crippen LogP contribution in [0.2, 0.25) is 0 Å². The zero-order chi connectivity index (χ0) is 117. The summed E-state index contributed by atoms with van der Waals surface area (Å²) in [6.45, 7) is 61.2. The number of ether oxygens (including phenoxy) is 14. The number of rotatable bonds is 45. The fraction of sp³-hybridized carbons (Fsp3) is 0.767. The second kappa shape index (κ2) is 63.8. The number of nitrogens with zero attached hydrogens (tertiary/aromatic N) is 1. The molecule has 1 heterocycles. The minimum Gasteiger partial charge on any atom is -0.481 e. The third-order valence-electron chi connectivity index (χ3n) is 17.5. The Hall–Kier alpha value is -12.0. The predicted octanol–water partition coefficient (Wildman–Crippen LogP) is 13.1. The van der Waals surface area contributed by atoms with E-state index >= 15 is 0 Å². The van der Waals surface area contributed by atoms with Gasteiger partial charge in [0, 0.05) is 95.9 Å². The van der Waals surface area contributed by atoms with E-state index in [4.69, 9.17) is 72.8 Å². The number of carboxylic acid groups (broad SMARTS) is 2. The van der Waals surface area contributed by atoms with Gasteiger partial charge in [0.1, 0.15) is 79.3 Å². The maximum atomic E-state index is 13.5. The monoisotopic (exact) mass is 2120 g/mol. The summed E-state index contributed by atoms with van der Waals surface area (Å²) in [6, 6.07) is -5.46. The van der Waals surface area contributed by atoms with Crippen LogP contribution >= 0.6 is 0 Å². The smallest absolute Gasteiger partial charge is 0.408 e. The summed E-state index contributed by atoms with van der Waals surface area (Å²) in [5.41, 5.74) is -3.22. The predicted molar refractivity (Wildman–Crippen MR) is 539 cm³/mol. The van der Waals surface area contributed by atoms with Crippen LogP contribution < -0.4 is 32.3 Å². The van der Waals surface area contributed by atoms with Crippen molar-refractivity contribution in [3.63, 3.8) is 0 Å². The van der Waals surface area contributed by atoms with Crippen LogP contribution in [0.25, 0.3) is 0 Å². The van der Waals surface area contributed by atoms with Gasteiger partial charge in [0.2, 0.25) is 5.91 Å². The van der Waals surface area contributed by atoms with E-state index in [1.165, 1.54) is 14.2 Å². The Labute approximate surface area is 872 Å². The number of hydrogen-bond acceptors (Lipinski definition) is 37. The van der Waals surface area contributed by atoms with Crippen molar-refractivity contribution in [2.75, 3.05) is 27.3 Å². The normalized spacial score (nSPS) is 14.0. The molecule has 45 heteroatoms. The van der Waals surface area contributed by atoms with Crippen molar-refractivity contribution >= 4 is 131 Å². The Balaban J connectivity index is -0.000000908. The molecule has 0 aromatic carbocycles. The van der Waals surface area contributed by atoms with Gasteiger partial charge < -0.3 is 109 Å². The zero-order valence-electron chi connectivity index (χ0n) is 94.7. The maximum absolute atomic E-state index is 13.5. The molecule has 1 aliphatic rings. The molecular formula is C103H175N7O38. The van der Waals surface area contributed by atoms with Crippen LogP contribution in [0.15, 0.2) is 12.2 Å². The quantitative estimate of drug-likeness (QED) is 0.0159.